The van der Waals surface area contributed by atoms with E-state index in [1.54, 1.807) is 6.92 Å². The Bertz CT molecular complexity index is 744. The predicted molar refractivity (Wildman–Crippen MR) is 89.0 cm³/mol. The molecule has 0 saturated heterocycles. The van der Waals surface area contributed by atoms with Crippen LogP contribution in [0, 0.1) is 0 Å². The summed E-state index contributed by atoms with van der Waals surface area (Å²) in [6.45, 7) is 2.37. The quantitative estimate of drug-likeness (QED) is 0.654. The van der Waals surface area contributed by atoms with Crippen LogP contribution in [0.15, 0.2) is 53.7 Å². The second-order valence-corrected chi connectivity index (χ2v) is 5.28. The first-order chi connectivity index (χ1) is 11.7. The monoisotopic (exact) mass is 326 g/mol. The molecule has 0 aromatic heterocycles. The lowest BCUT2D eigenvalue weighted by atomic mass is 10.1. The molecule has 0 saturated carbocycles. The summed E-state index contributed by atoms with van der Waals surface area (Å²) in [6.07, 6.45) is 0. The Kier molecular flexibility index (Phi) is 4.96. The summed E-state index contributed by atoms with van der Waals surface area (Å²) in [6, 6.07) is 15.2. The van der Waals surface area contributed by atoms with Gasteiger partial charge in [0.05, 0.1) is 5.71 Å². The Morgan fingerprint density at radius 3 is 2.79 bits per heavy atom. The molecule has 0 unspecified atom stereocenters. The number of amides is 1. The fourth-order valence-electron chi connectivity index (χ4n) is 2.21. The smallest absolute Gasteiger partial charge is 0.261 e. The van der Waals surface area contributed by atoms with E-state index < -0.39 is 0 Å². The molecule has 6 nitrogen and oxygen atoms in total. The van der Waals surface area contributed by atoms with Crippen LogP contribution < -0.4 is 14.8 Å². The van der Waals surface area contributed by atoms with Gasteiger partial charge in [-0.05, 0) is 30.7 Å². The van der Waals surface area contributed by atoms with Gasteiger partial charge >= 0.3 is 0 Å². The molecule has 0 spiro atoms. The van der Waals surface area contributed by atoms with E-state index in [1.165, 1.54) is 0 Å². The highest BCUT2D eigenvalue weighted by Crippen LogP contribution is 2.32. The number of ether oxygens (including phenoxy) is 2. The molecule has 2 aromatic rings. The second kappa shape index (κ2) is 7.50. The molecule has 0 atom stereocenters. The minimum absolute atomic E-state index is 0.130. The minimum atomic E-state index is -0.221. The number of carbonyl (C=O) groups excluding carboxylic acids is 1. The van der Waals surface area contributed by atoms with E-state index in [0.717, 1.165) is 11.1 Å². The topological polar surface area (TPSA) is 69.2 Å². The van der Waals surface area contributed by atoms with Crippen molar-refractivity contribution in [2.45, 2.75) is 13.5 Å². The molecule has 1 aliphatic rings. The van der Waals surface area contributed by atoms with Crippen molar-refractivity contribution in [1.29, 1.82) is 0 Å². The SMILES string of the molecule is C/C(=N\OCC(=O)NCc1ccccc1)c1ccc2c(c1)OCO2. The molecular weight excluding hydrogens is 308 g/mol. The molecular formula is C18H18N2O4. The van der Waals surface area contributed by atoms with Crippen LogP contribution >= 0.6 is 0 Å². The molecule has 2 aromatic carbocycles. The van der Waals surface area contributed by atoms with Gasteiger partial charge in [-0.3, -0.25) is 4.79 Å². The number of nitrogens with zero attached hydrogens (tertiary/aromatic N) is 1. The largest absolute Gasteiger partial charge is 0.454 e. The van der Waals surface area contributed by atoms with Gasteiger partial charge in [-0.2, -0.15) is 0 Å². The number of rotatable bonds is 6. The normalized spacial score (nSPS) is 12.8. The van der Waals surface area contributed by atoms with Gasteiger partial charge in [0.1, 0.15) is 0 Å². The van der Waals surface area contributed by atoms with Crippen molar-refractivity contribution in [3.05, 3.63) is 59.7 Å². The van der Waals surface area contributed by atoms with Gasteiger partial charge in [0, 0.05) is 12.1 Å². The summed E-state index contributed by atoms with van der Waals surface area (Å²) in [5.74, 6) is 1.18. The van der Waals surface area contributed by atoms with Gasteiger partial charge in [0.25, 0.3) is 5.91 Å². The molecule has 6 heteroatoms. The molecule has 24 heavy (non-hydrogen) atoms. The Morgan fingerprint density at radius 2 is 1.96 bits per heavy atom. The standard InChI is InChI=1S/C18H18N2O4/c1-13(15-7-8-16-17(9-15)23-12-22-16)20-24-11-18(21)19-10-14-5-3-2-4-6-14/h2-9H,10-12H2,1H3,(H,19,21)/b20-13+. The van der Waals surface area contributed by atoms with E-state index in [2.05, 4.69) is 10.5 Å². The molecule has 0 bridgehead atoms. The van der Waals surface area contributed by atoms with Crippen LogP contribution in [0.2, 0.25) is 0 Å². The Labute approximate surface area is 140 Å². The lowest BCUT2D eigenvalue weighted by Gasteiger charge is -2.05. The minimum Gasteiger partial charge on any atom is -0.454 e. The highest BCUT2D eigenvalue weighted by atomic mass is 16.7. The van der Waals surface area contributed by atoms with Gasteiger partial charge < -0.3 is 19.6 Å². The van der Waals surface area contributed by atoms with E-state index in [0.29, 0.717) is 23.8 Å². The maximum atomic E-state index is 11.7. The maximum Gasteiger partial charge on any atom is 0.261 e. The zero-order valence-corrected chi connectivity index (χ0v) is 13.3. The van der Waals surface area contributed by atoms with Crippen LogP contribution in [0.5, 0.6) is 11.5 Å². The summed E-state index contributed by atoms with van der Waals surface area (Å²) < 4.78 is 10.6. The van der Waals surface area contributed by atoms with Gasteiger partial charge in [-0.1, -0.05) is 35.5 Å². The number of hydrogen-bond acceptors (Lipinski definition) is 5. The second-order valence-electron chi connectivity index (χ2n) is 5.28. The van der Waals surface area contributed by atoms with Crippen molar-refractivity contribution >= 4 is 11.6 Å². The van der Waals surface area contributed by atoms with Crippen LogP contribution in [0.4, 0.5) is 0 Å². The van der Waals surface area contributed by atoms with E-state index in [9.17, 15) is 4.79 Å². The third-order valence-electron chi connectivity index (χ3n) is 3.52. The highest BCUT2D eigenvalue weighted by Gasteiger charge is 2.14. The summed E-state index contributed by atoms with van der Waals surface area (Å²) in [7, 11) is 0. The number of oxime groups is 1. The number of hydrogen-bond donors (Lipinski definition) is 1. The third kappa shape index (κ3) is 4.04. The molecule has 0 fully saturated rings. The number of nitrogens with one attached hydrogen (secondary N) is 1. The van der Waals surface area contributed by atoms with Crippen molar-refractivity contribution in [1.82, 2.24) is 5.32 Å². The molecule has 0 aliphatic carbocycles. The van der Waals surface area contributed by atoms with E-state index in [-0.39, 0.29) is 19.3 Å². The average molecular weight is 326 g/mol. The van der Waals surface area contributed by atoms with Crippen LogP contribution in [0.3, 0.4) is 0 Å². The number of benzene rings is 2. The van der Waals surface area contributed by atoms with Crippen LogP contribution in [-0.4, -0.2) is 25.0 Å². The van der Waals surface area contributed by atoms with Crippen molar-refractivity contribution in [3.63, 3.8) is 0 Å². The third-order valence-corrected chi connectivity index (χ3v) is 3.52. The van der Waals surface area contributed by atoms with Crippen LogP contribution in [0.1, 0.15) is 18.1 Å². The molecule has 1 amide bonds. The first-order valence-corrected chi connectivity index (χ1v) is 7.59. The highest BCUT2D eigenvalue weighted by molar-refractivity contribution is 5.99. The first-order valence-electron chi connectivity index (χ1n) is 7.59. The van der Waals surface area contributed by atoms with Crippen molar-refractivity contribution in [2.75, 3.05) is 13.4 Å². The molecule has 124 valence electrons. The van der Waals surface area contributed by atoms with E-state index >= 15 is 0 Å². The zero-order chi connectivity index (χ0) is 16.8. The molecule has 1 aliphatic heterocycles. The van der Waals surface area contributed by atoms with E-state index in [1.807, 2.05) is 48.5 Å². The summed E-state index contributed by atoms with van der Waals surface area (Å²) >= 11 is 0. The molecule has 3 rings (SSSR count). The predicted octanol–water partition coefficient (Wildman–Crippen LogP) is 2.47. The lowest BCUT2D eigenvalue weighted by Crippen LogP contribution is -2.26. The van der Waals surface area contributed by atoms with Crippen LogP contribution in [0.25, 0.3) is 0 Å². The summed E-state index contributed by atoms with van der Waals surface area (Å²) in [5.41, 5.74) is 2.54. The Balaban J connectivity index is 1.47. The summed E-state index contributed by atoms with van der Waals surface area (Å²) in [4.78, 5) is 16.9. The van der Waals surface area contributed by atoms with Crippen molar-refractivity contribution in [3.8, 4) is 11.5 Å². The van der Waals surface area contributed by atoms with Crippen LogP contribution in [-0.2, 0) is 16.2 Å². The summed E-state index contributed by atoms with van der Waals surface area (Å²) in [5, 5.41) is 6.75. The first kappa shape index (κ1) is 15.9. The van der Waals surface area contributed by atoms with E-state index in [4.69, 9.17) is 14.3 Å². The van der Waals surface area contributed by atoms with Gasteiger partial charge in [0.15, 0.2) is 18.1 Å². The van der Waals surface area contributed by atoms with Crippen molar-refractivity contribution in [2.24, 2.45) is 5.16 Å². The lowest BCUT2D eigenvalue weighted by molar-refractivity contribution is -0.125. The molecule has 0 radical (unpaired) electrons. The van der Waals surface area contributed by atoms with Crippen molar-refractivity contribution < 1.29 is 19.1 Å². The molecule has 1 heterocycles. The number of fused-ring (bicyclic) bond motifs is 1. The number of carbonyl (C=O) groups is 1. The fraction of sp³-hybridized carbons (Fsp3) is 0.222. The Hall–Kier alpha value is -3.02. The van der Waals surface area contributed by atoms with Gasteiger partial charge in [0.2, 0.25) is 6.79 Å². The van der Waals surface area contributed by atoms with Gasteiger partial charge in [-0.25, -0.2) is 0 Å². The Morgan fingerprint density at radius 1 is 1.17 bits per heavy atom. The van der Waals surface area contributed by atoms with Gasteiger partial charge in [-0.15, -0.1) is 0 Å². The molecule has 1 N–H and O–H groups in total. The maximum absolute atomic E-state index is 11.7. The zero-order valence-electron chi connectivity index (χ0n) is 13.3. The fourth-order valence-corrected chi connectivity index (χ4v) is 2.21. The average Bonchev–Trinajstić information content (AvgIpc) is 3.08.